The Morgan fingerprint density at radius 1 is 1.45 bits per heavy atom. The van der Waals surface area contributed by atoms with Crippen molar-refractivity contribution in [3.63, 3.8) is 0 Å². The van der Waals surface area contributed by atoms with Gasteiger partial charge in [0, 0.05) is 6.92 Å². The highest BCUT2D eigenvalue weighted by Crippen LogP contribution is 2.14. The molecule has 0 amide bonds. The number of hydrogen-bond donors (Lipinski definition) is 1. The molecule has 0 atom stereocenters. The van der Waals surface area contributed by atoms with Crippen LogP contribution in [-0.4, -0.2) is 17.2 Å². The Hall–Kier alpha value is -0.900. The molecule has 4 heteroatoms. The smallest absolute Gasteiger partial charge is 0.223 e. The largest absolute Gasteiger partial charge is 0.340 e. The summed E-state index contributed by atoms with van der Waals surface area (Å²) in [6.07, 6.45) is 0. The van der Waals surface area contributed by atoms with Crippen LogP contribution in [0.4, 0.5) is 0 Å². The SMILES string of the molecule is CNC(C)(C)c1noc(C)n1. The molecule has 0 aliphatic rings. The maximum atomic E-state index is 4.85. The lowest BCUT2D eigenvalue weighted by Crippen LogP contribution is -2.34. The van der Waals surface area contributed by atoms with E-state index in [4.69, 9.17) is 4.52 Å². The van der Waals surface area contributed by atoms with Gasteiger partial charge in [0.2, 0.25) is 5.89 Å². The molecule has 0 aliphatic heterocycles. The first-order valence-corrected chi connectivity index (χ1v) is 3.56. The van der Waals surface area contributed by atoms with Gasteiger partial charge in [0.1, 0.15) is 0 Å². The van der Waals surface area contributed by atoms with Crippen LogP contribution in [-0.2, 0) is 5.54 Å². The fraction of sp³-hybridized carbons (Fsp3) is 0.714. The van der Waals surface area contributed by atoms with Gasteiger partial charge in [-0.05, 0) is 20.9 Å². The van der Waals surface area contributed by atoms with E-state index in [-0.39, 0.29) is 5.54 Å². The lowest BCUT2D eigenvalue weighted by Gasteiger charge is -2.18. The molecule has 0 aromatic carbocycles. The third-order valence-electron chi connectivity index (χ3n) is 1.71. The van der Waals surface area contributed by atoms with Crippen LogP contribution in [0, 0.1) is 6.92 Å². The van der Waals surface area contributed by atoms with Crippen LogP contribution in [0.3, 0.4) is 0 Å². The zero-order valence-corrected chi connectivity index (χ0v) is 7.30. The van der Waals surface area contributed by atoms with Crippen molar-refractivity contribution >= 4 is 0 Å². The summed E-state index contributed by atoms with van der Waals surface area (Å²) in [6, 6.07) is 0. The molecule has 1 N–H and O–H groups in total. The van der Waals surface area contributed by atoms with Gasteiger partial charge in [-0.2, -0.15) is 4.98 Å². The van der Waals surface area contributed by atoms with Crippen molar-refractivity contribution in [2.24, 2.45) is 0 Å². The predicted molar refractivity (Wildman–Crippen MR) is 41.1 cm³/mol. The van der Waals surface area contributed by atoms with Crippen molar-refractivity contribution in [2.45, 2.75) is 26.3 Å². The van der Waals surface area contributed by atoms with Crippen LogP contribution in [0.25, 0.3) is 0 Å². The number of hydrogen-bond acceptors (Lipinski definition) is 4. The summed E-state index contributed by atoms with van der Waals surface area (Å²) in [5.74, 6) is 1.29. The van der Waals surface area contributed by atoms with Crippen molar-refractivity contribution in [3.05, 3.63) is 11.7 Å². The summed E-state index contributed by atoms with van der Waals surface area (Å²) in [5, 5.41) is 6.90. The molecule has 0 radical (unpaired) electrons. The predicted octanol–water partition coefficient (Wildman–Crippen LogP) is 0.833. The second kappa shape index (κ2) is 2.62. The monoisotopic (exact) mass is 155 g/mol. The van der Waals surface area contributed by atoms with E-state index in [2.05, 4.69) is 15.5 Å². The van der Waals surface area contributed by atoms with Crippen LogP contribution < -0.4 is 5.32 Å². The van der Waals surface area contributed by atoms with Gasteiger partial charge in [-0.25, -0.2) is 0 Å². The lowest BCUT2D eigenvalue weighted by atomic mass is 10.1. The molecule has 0 saturated carbocycles. The maximum Gasteiger partial charge on any atom is 0.223 e. The Kier molecular flexibility index (Phi) is 1.95. The summed E-state index contributed by atoms with van der Waals surface area (Å²) in [7, 11) is 1.87. The molecular weight excluding hydrogens is 142 g/mol. The van der Waals surface area contributed by atoms with Crippen LogP contribution in [0.2, 0.25) is 0 Å². The fourth-order valence-corrected chi connectivity index (χ4v) is 0.665. The zero-order chi connectivity index (χ0) is 8.48. The summed E-state index contributed by atoms with van der Waals surface area (Å²) < 4.78 is 4.85. The molecule has 0 aliphatic carbocycles. The van der Waals surface area contributed by atoms with E-state index in [1.807, 2.05) is 20.9 Å². The lowest BCUT2D eigenvalue weighted by molar-refractivity contribution is 0.352. The van der Waals surface area contributed by atoms with Crippen molar-refractivity contribution in [3.8, 4) is 0 Å². The highest BCUT2D eigenvalue weighted by molar-refractivity contribution is 4.99. The second-order valence-corrected chi connectivity index (χ2v) is 3.01. The summed E-state index contributed by atoms with van der Waals surface area (Å²) >= 11 is 0. The van der Waals surface area contributed by atoms with E-state index in [1.54, 1.807) is 6.92 Å². The molecule has 0 unspecified atom stereocenters. The van der Waals surface area contributed by atoms with Gasteiger partial charge in [0.15, 0.2) is 5.82 Å². The van der Waals surface area contributed by atoms with Crippen molar-refractivity contribution in [1.82, 2.24) is 15.5 Å². The summed E-state index contributed by atoms with van der Waals surface area (Å²) in [4.78, 5) is 4.11. The Labute approximate surface area is 66.0 Å². The van der Waals surface area contributed by atoms with Gasteiger partial charge < -0.3 is 9.84 Å². The van der Waals surface area contributed by atoms with Gasteiger partial charge in [-0.15, -0.1) is 0 Å². The molecule has 11 heavy (non-hydrogen) atoms. The van der Waals surface area contributed by atoms with E-state index in [0.29, 0.717) is 11.7 Å². The number of aryl methyl sites for hydroxylation is 1. The molecule has 0 spiro atoms. The van der Waals surface area contributed by atoms with Crippen molar-refractivity contribution < 1.29 is 4.52 Å². The van der Waals surface area contributed by atoms with Crippen LogP contribution in [0.5, 0.6) is 0 Å². The number of nitrogens with one attached hydrogen (secondary N) is 1. The van der Waals surface area contributed by atoms with E-state index in [1.165, 1.54) is 0 Å². The van der Waals surface area contributed by atoms with E-state index in [0.717, 1.165) is 0 Å². The summed E-state index contributed by atoms with van der Waals surface area (Å²) in [5.41, 5.74) is -0.211. The standard InChI is InChI=1S/C7H13N3O/c1-5-9-6(10-11-5)7(2,3)8-4/h8H,1-4H3. The quantitative estimate of drug-likeness (QED) is 0.687. The fourth-order valence-electron chi connectivity index (χ4n) is 0.665. The first-order chi connectivity index (χ1) is 5.06. The number of nitrogens with zero attached hydrogens (tertiary/aromatic N) is 2. The Balaban J connectivity index is 2.92. The topological polar surface area (TPSA) is 51.0 Å². The summed E-state index contributed by atoms with van der Waals surface area (Å²) in [6.45, 7) is 5.77. The third-order valence-corrected chi connectivity index (χ3v) is 1.71. The Morgan fingerprint density at radius 2 is 2.09 bits per heavy atom. The minimum atomic E-state index is -0.211. The molecule has 1 aromatic rings. The van der Waals surface area contributed by atoms with Crippen molar-refractivity contribution in [1.29, 1.82) is 0 Å². The van der Waals surface area contributed by atoms with Crippen LogP contribution >= 0.6 is 0 Å². The highest BCUT2D eigenvalue weighted by atomic mass is 16.5. The highest BCUT2D eigenvalue weighted by Gasteiger charge is 2.23. The normalized spacial score (nSPS) is 12.0. The molecule has 62 valence electrons. The molecular formula is C7H13N3O. The van der Waals surface area contributed by atoms with Gasteiger partial charge in [-0.3, -0.25) is 0 Å². The van der Waals surface area contributed by atoms with E-state index >= 15 is 0 Å². The van der Waals surface area contributed by atoms with Gasteiger partial charge in [-0.1, -0.05) is 5.16 Å². The van der Waals surface area contributed by atoms with Gasteiger partial charge in [0.05, 0.1) is 5.54 Å². The number of rotatable bonds is 2. The first-order valence-electron chi connectivity index (χ1n) is 3.56. The molecule has 0 bridgehead atoms. The zero-order valence-electron chi connectivity index (χ0n) is 7.30. The maximum absolute atomic E-state index is 4.85. The van der Waals surface area contributed by atoms with Gasteiger partial charge >= 0.3 is 0 Å². The number of aromatic nitrogens is 2. The minimum Gasteiger partial charge on any atom is -0.340 e. The Morgan fingerprint density at radius 3 is 2.45 bits per heavy atom. The van der Waals surface area contributed by atoms with Gasteiger partial charge in [0.25, 0.3) is 0 Å². The molecule has 0 fully saturated rings. The van der Waals surface area contributed by atoms with Crippen molar-refractivity contribution in [2.75, 3.05) is 7.05 Å². The van der Waals surface area contributed by atoms with E-state index in [9.17, 15) is 0 Å². The molecule has 4 nitrogen and oxygen atoms in total. The molecule has 1 heterocycles. The minimum absolute atomic E-state index is 0.211. The van der Waals surface area contributed by atoms with Crippen LogP contribution in [0.15, 0.2) is 4.52 Å². The average Bonchev–Trinajstić information content (AvgIpc) is 2.36. The van der Waals surface area contributed by atoms with Crippen LogP contribution in [0.1, 0.15) is 25.6 Å². The second-order valence-electron chi connectivity index (χ2n) is 3.01. The molecule has 1 rings (SSSR count). The van der Waals surface area contributed by atoms with E-state index < -0.39 is 0 Å². The Bertz CT molecular complexity index is 242. The third kappa shape index (κ3) is 1.57. The first kappa shape index (κ1) is 8.20. The average molecular weight is 155 g/mol. The molecule has 1 aromatic heterocycles. The molecule has 0 saturated heterocycles.